The summed E-state index contributed by atoms with van der Waals surface area (Å²) < 4.78 is 1.67. The van der Waals surface area contributed by atoms with Gasteiger partial charge in [0.1, 0.15) is 0 Å². The minimum absolute atomic E-state index is 0.677. The molecule has 0 aliphatic heterocycles. The highest BCUT2D eigenvalue weighted by molar-refractivity contribution is 6.33. The van der Waals surface area contributed by atoms with Crippen LogP contribution in [0.15, 0.2) is 55.2 Å². The first kappa shape index (κ1) is 10.9. The van der Waals surface area contributed by atoms with Gasteiger partial charge < -0.3 is 0 Å². The van der Waals surface area contributed by atoms with E-state index in [0.29, 0.717) is 10.8 Å². The summed E-state index contributed by atoms with van der Waals surface area (Å²) in [5.74, 6) is 0.677. The predicted octanol–water partition coefficient (Wildman–Crippen LogP) is 2.98. The Bertz CT molecular complexity index is 664. The van der Waals surface area contributed by atoms with Crippen LogP contribution in [0.2, 0.25) is 5.02 Å². The first-order valence-corrected chi connectivity index (χ1v) is 5.78. The summed E-state index contributed by atoms with van der Waals surface area (Å²) in [5, 5.41) is 4.96. The molecule has 2 heterocycles. The molecule has 0 aliphatic rings. The maximum absolute atomic E-state index is 6.15. The number of aromatic nitrogens is 4. The molecule has 0 amide bonds. The molecule has 3 rings (SSSR count). The molecule has 0 saturated carbocycles. The Morgan fingerprint density at radius 3 is 2.72 bits per heavy atom. The molecule has 4 nitrogen and oxygen atoms in total. The highest BCUT2D eigenvalue weighted by atomic mass is 35.5. The van der Waals surface area contributed by atoms with Gasteiger partial charge in [-0.1, -0.05) is 29.8 Å². The van der Waals surface area contributed by atoms with Crippen LogP contribution >= 0.6 is 11.6 Å². The Kier molecular flexibility index (Phi) is 2.78. The Balaban J connectivity index is 2.03. The van der Waals surface area contributed by atoms with Crippen molar-refractivity contribution >= 4 is 11.6 Å². The van der Waals surface area contributed by atoms with Crippen molar-refractivity contribution < 1.29 is 0 Å². The monoisotopic (exact) mass is 256 g/mol. The summed E-state index contributed by atoms with van der Waals surface area (Å²) >= 11 is 6.15. The van der Waals surface area contributed by atoms with Crippen LogP contribution in [0.4, 0.5) is 0 Å². The zero-order valence-corrected chi connectivity index (χ0v) is 10.1. The number of rotatable bonds is 2. The number of benzene rings is 1. The Morgan fingerprint density at radius 2 is 1.94 bits per heavy atom. The van der Waals surface area contributed by atoms with Gasteiger partial charge >= 0.3 is 0 Å². The molecule has 0 bridgehead atoms. The summed E-state index contributed by atoms with van der Waals surface area (Å²) in [5.41, 5.74) is 1.90. The van der Waals surface area contributed by atoms with E-state index in [2.05, 4.69) is 15.1 Å². The lowest BCUT2D eigenvalue weighted by Crippen LogP contribution is -1.97. The fraction of sp³-hybridized carbons (Fsp3) is 0. The molecule has 0 unspecified atom stereocenters. The fourth-order valence-electron chi connectivity index (χ4n) is 1.69. The molecule has 88 valence electrons. The van der Waals surface area contributed by atoms with Gasteiger partial charge in [0.05, 0.1) is 12.4 Å². The zero-order valence-electron chi connectivity index (χ0n) is 9.36. The van der Waals surface area contributed by atoms with Crippen LogP contribution in [0, 0.1) is 0 Å². The van der Waals surface area contributed by atoms with Gasteiger partial charge in [0, 0.05) is 34.7 Å². The van der Waals surface area contributed by atoms with Crippen molar-refractivity contribution in [1.82, 2.24) is 19.7 Å². The largest absolute Gasteiger partial charge is 0.259 e. The third-order valence-corrected chi connectivity index (χ3v) is 2.88. The quantitative estimate of drug-likeness (QED) is 0.708. The molecular weight excluding hydrogens is 248 g/mol. The second kappa shape index (κ2) is 4.58. The lowest BCUT2D eigenvalue weighted by Gasteiger charge is -2.00. The van der Waals surface area contributed by atoms with E-state index in [4.69, 9.17) is 11.6 Å². The minimum Gasteiger partial charge on any atom is -0.259 e. The summed E-state index contributed by atoms with van der Waals surface area (Å²) in [6.07, 6.45) is 8.55. The highest BCUT2D eigenvalue weighted by Gasteiger charge is 2.06. The van der Waals surface area contributed by atoms with E-state index >= 15 is 0 Å². The number of nitrogens with zero attached hydrogens (tertiary/aromatic N) is 4. The van der Waals surface area contributed by atoms with Crippen LogP contribution in [0.3, 0.4) is 0 Å². The second-order valence-electron chi connectivity index (χ2n) is 3.72. The minimum atomic E-state index is 0.677. The molecule has 1 aromatic carbocycles. The Morgan fingerprint density at radius 1 is 1.06 bits per heavy atom. The van der Waals surface area contributed by atoms with E-state index in [1.54, 1.807) is 29.5 Å². The van der Waals surface area contributed by atoms with Crippen LogP contribution in [0.25, 0.3) is 16.9 Å². The van der Waals surface area contributed by atoms with Gasteiger partial charge in [-0.05, 0) is 6.07 Å². The smallest absolute Gasteiger partial charge is 0.171 e. The maximum atomic E-state index is 6.15. The first-order valence-electron chi connectivity index (χ1n) is 5.40. The zero-order chi connectivity index (χ0) is 12.4. The first-order chi connectivity index (χ1) is 8.84. The van der Waals surface area contributed by atoms with Crippen molar-refractivity contribution in [3.05, 3.63) is 60.3 Å². The standard InChI is InChI=1S/C13H9ClN4/c14-12-4-2-1-3-11(12)10-7-17-18(9-10)13-8-15-5-6-16-13/h1-9H. The van der Waals surface area contributed by atoms with E-state index in [1.165, 1.54) is 0 Å². The Hall–Kier alpha value is -2.20. The third-order valence-electron chi connectivity index (χ3n) is 2.55. The van der Waals surface area contributed by atoms with Gasteiger partial charge in [-0.15, -0.1) is 0 Å². The summed E-state index contributed by atoms with van der Waals surface area (Å²) in [6, 6.07) is 7.66. The van der Waals surface area contributed by atoms with Gasteiger partial charge in [-0.2, -0.15) is 5.10 Å². The molecular formula is C13H9ClN4. The molecule has 0 saturated heterocycles. The van der Waals surface area contributed by atoms with Crippen molar-refractivity contribution in [2.24, 2.45) is 0 Å². The molecule has 3 aromatic rings. The maximum Gasteiger partial charge on any atom is 0.171 e. The highest BCUT2D eigenvalue weighted by Crippen LogP contribution is 2.27. The van der Waals surface area contributed by atoms with Crippen molar-refractivity contribution in [1.29, 1.82) is 0 Å². The van der Waals surface area contributed by atoms with Crippen LogP contribution < -0.4 is 0 Å². The summed E-state index contributed by atoms with van der Waals surface area (Å²) in [7, 11) is 0. The topological polar surface area (TPSA) is 43.6 Å². The van der Waals surface area contributed by atoms with Crippen molar-refractivity contribution in [2.75, 3.05) is 0 Å². The third kappa shape index (κ3) is 1.98. The van der Waals surface area contributed by atoms with Gasteiger partial charge in [-0.25, -0.2) is 9.67 Å². The van der Waals surface area contributed by atoms with Crippen LogP contribution in [0.5, 0.6) is 0 Å². The van der Waals surface area contributed by atoms with E-state index in [9.17, 15) is 0 Å². The van der Waals surface area contributed by atoms with Crippen molar-refractivity contribution in [3.8, 4) is 16.9 Å². The normalized spacial score (nSPS) is 10.5. The van der Waals surface area contributed by atoms with Gasteiger partial charge in [0.25, 0.3) is 0 Å². The van der Waals surface area contributed by atoms with E-state index in [-0.39, 0.29) is 0 Å². The Labute approximate surface area is 109 Å². The molecule has 2 aromatic heterocycles. The molecule has 0 aliphatic carbocycles. The molecule has 0 atom stereocenters. The predicted molar refractivity (Wildman–Crippen MR) is 69.6 cm³/mol. The molecule has 0 radical (unpaired) electrons. The van der Waals surface area contributed by atoms with Crippen molar-refractivity contribution in [3.63, 3.8) is 0 Å². The number of hydrogen-bond donors (Lipinski definition) is 0. The van der Waals surface area contributed by atoms with Gasteiger partial charge in [-0.3, -0.25) is 4.98 Å². The average molecular weight is 257 g/mol. The molecule has 0 spiro atoms. The summed E-state index contributed by atoms with van der Waals surface area (Å²) in [6.45, 7) is 0. The van der Waals surface area contributed by atoms with E-state index in [1.807, 2.05) is 30.5 Å². The number of halogens is 1. The average Bonchev–Trinajstić information content (AvgIpc) is 2.90. The molecule has 5 heteroatoms. The van der Waals surface area contributed by atoms with Gasteiger partial charge in [0.2, 0.25) is 0 Å². The van der Waals surface area contributed by atoms with E-state index in [0.717, 1.165) is 11.1 Å². The van der Waals surface area contributed by atoms with Crippen LogP contribution in [0.1, 0.15) is 0 Å². The lowest BCUT2D eigenvalue weighted by molar-refractivity contribution is 0.838. The lowest BCUT2D eigenvalue weighted by atomic mass is 10.1. The second-order valence-corrected chi connectivity index (χ2v) is 4.12. The molecule has 0 N–H and O–H groups in total. The molecule has 18 heavy (non-hydrogen) atoms. The SMILES string of the molecule is Clc1ccccc1-c1cnn(-c2cnccn2)c1. The number of hydrogen-bond acceptors (Lipinski definition) is 3. The summed E-state index contributed by atoms with van der Waals surface area (Å²) in [4.78, 5) is 8.19. The molecule has 0 fully saturated rings. The fourth-order valence-corrected chi connectivity index (χ4v) is 1.94. The van der Waals surface area contributed by atoms with Crippen LogP contribution in [-0.2, 0) is 0 Å². The van der Waals surface area contributed by atoms with Gasteiger partial charge in [0.15, 0.2) is 5.82 Å². The van der Waals surface area contributed by atoms with Crippen LogP contribution in [-0.4, -0.2) is 19.7 Å². The van der Waals surface area contributed by atoms with E-state index < -0.39 is 0 Å². The van der Waals surface area contributed by atoms with Crippen molar-refractivity contribution in [2.45, 2.75) is 0 Å².